The zero-order valence-electron chi connectivity index (χ0n) is 8.31. The summed E-state index contributed by atoms with van der Waals surface area (Å²) in [5, 5.41) is 0. The summed E-state index contributed by atoms with van der Waals surface area (Å²) < 4.78 is 5.01. The van der Waals surface area contributed by atoms with Gasteiger partial charge in [-0.25, -0.2) is 0 Å². The van der Waals surface area contributed by atoms with E-state index in [2.05, 4.69) is 19.9 Å². The molecule has 0 aromatic rings. The van der Waals surface area contributed by atoms with Crippen LogP contribution >= 0.6 is 0 Å². The van der Waals surface area contributed by atoms with Crippen molar-refractivity contribution in [3.05, 3.63) is 22.8 Å². The summed E-state index contributed by atoms with van der Waals surface area (Å²) in [6.45, 7) is 5.29. The molecule has 0 N–H and O–H groups in total. The number of ether oxygens (including phenoxy) is 1. The summed E-state index contributed by atoms with van der Waals surface area (Å²) in [6.07, 6.45) is 5.87. The lowest BCUT2D eigenvalue weighted by molar-refractivity contribution is 0.195. The van der Waals surface area contributed by atoms with Gasteiger partial charge in [-0.2, -0.15) is 0 Å². The maximum Gasteiger partial charge on any atom is 0.0465 e. The number of allylic oxidation sites excluding steroid dienone is 4. The molecule has 0 saturated heterocycles. The molecule has 0 saturated carbocycles. The number of rotatable bonds is 4. The molecular formula is C11H18O. The smallest absolute Gasteiger partial charge is 0.0465 e. The third kappa shape index (κ3) is 2.49. The second kappa shape index (κ2) is 4.46. The molecule has 0 aliphatic heterocycles. The van der Waals surface area contributed by atoms with E-state index < -0.39 is 0 Å². The van der Waals surface area contributed by atoms with E-state index in [1.807, 2.05) is 0 Å². The quantitative estimate of drug-likeness (QED) is 0.583. The fourth-order valence-corrected chi connectivity index (χ4v) is 1.56. The summed E-state index contributed by atoms with van der Waals surface area (Å²) >= 11 is 0. The molecule has 0 unspecified atom stereocenters. The zero-order chi connectivity index (χ0) is 8.97. The number of methoxy groups -OCH3 is 1. The van der Waals surface area contributed by atoms with Crippen molar-refractivity contribution in [1.82, 2.24) is 0 Å². The van der Waals surface area contributed by atoms with E-state index in [1.165, 1.54) is 24.0 Å². The molecule has 1 rings (SSSR count). The Kier molecular flexibility index (Phi) is 3.54. The molecule has 0 spiro atoms. The molecule has 0 bridgehead atoms. The van der Waals surface area contributed by atoms with Crippen LogP contribution in [-0.2, 0) is 4.74 Å². The molecule has 1 aliphatic rings. The van der Waals surface area contributed by atoms with Crippen molar-refractivity contribution < 1.29 is 4.74 Å². The summed E-state index contributed by atoms with van der Waals surface area (Å²) in [5.74, 6) is 0. The van der Waals surface area contributed by atoms with Crippen LogP contribution in [0.4, 0.5) is 0 Å². The first-order chi connectivity index (χ1) is 5.74. The van der Waals surface area contributed by atoms with Crippen molar-refractivity contribution in [1.29, 1.82) is 0 Å². The van der Waals surface area contributed by atoms with Gasteiger partial charge in [0.2, 0.25) is 0 Å². The molecule has 0 aromatic heterocycles. The monoisotopic (exact) mass is 166 g/mol. The number of hydrogen-bond acceptors (Lipinski definition) is 1. The van der Waals surface area contributed by atoms with E-state index in [1.54, 1.807) is 12.7 Å². The van der Waals surface area contributed by atoms with Gasteiger partial charge in [-0.15, -0.1) is 0 Å². The highest BCUT2D eigenvalue weighted by Crippen LogP contribution is 2.27. The Bertz CT molecular complexity index is 211. The minimum Gasteiger partial charge on any atom is -0.385 e. The Morgan fingerprint density at radius 1 is 1.42 bits per heavy atom. The maximum atomic E-state index is 5.01. The molecule has 1 heteroatoms. The lowest BCUT2D eigenvalue weighted by Crippen LogP contribution is -1.89. The Morgan fingerprint density at radius 3 is 2.67 bits per heavy atom. The highest BCUT2D eigenvalue weighted by molar-refractivity contribution is 5.36. The average Bonchev–Trinajstić information content (AvgIpc) is 2.32. The van der Waals surface area contributed by atoms with Crippen molar-refractivity contribution in [2.45, 2.75) is 33.1 Å². The fraction of sp³-hybridized carbons (Fsp3) is 0.636. The largest absolute Gasteiger partial charge is 0.385 e. The van der Waals surface area contributed by atoms with Crippen molar-refractivity contribution in [2.75, 3.05) is 13.7 Å². The van der Waals surface area contributed by atoms with Crippen LogP contribution in [0.1, 0.15) is 33.1 Å². The molecule has 68 valence electrons. The first-order valence-corrected chi connectivity index (χ1v) is 4.58. The minimum atomic E-state index is 0.884. The Labute approximate surface area is 75.1 Å². The lowest BCUT2D eigenvalue weighted by atomic mass is 10.1. The van der Waals surface area contributed by atoms with E-state index in [9.17, 15) is 0 Å². The first kappa shape index (κ1) is 9.53. The summed E-state index contributed by atoms with van der Waals surface area (Å²) in [6, 6.07) is 0. The molecule has 0 fully saturated rings. The van der Waals surface area contributed by atoms with Crippen LogP contribution in [0.25, 0.3) is 0 Å². The molecule has 0 aromatic carbocycles. The third-order valence-corrected chi connectivity index (χ3v) is 2.43. The van der Waals surface area contributed by atoms with Crippen molar-refractivity contribution in [3.8, 4) is 0 Å². The van der Waals surface area contributed by atoms with Crippen LogP contribution in [0, 0.1) is 0 Å². The Morgan fingerprint density at radius 2 is 2.17 bits per heavy atom. The topological polar surface area (TPSA) is 9.23 Å². The molecule has 0 radical (unpaired) electrons. The van der Waals surface area contributed by atoms with Gasteiger partial charge in [0.1, 0.15) is 0 Å². The molecule has 12 heavy (non-hydrogen) atoms. The molecule has 1 nitrogen and oxygen atoms in total. The highest BCUT2D eigenvalue weighted by atomic mass is 16.5. The van der Waals surface area contributed by atoms with Gasteiger partial charge in [0.15, 0.2) is 0 Å². The van der Waals surface area contributed by atoms with E-state index in [0.717, 1.165) is 13.0 Å². The van der Waals surface area contributed by atoms with Crippen molar-refractivity contribution >= 4 is 0 Å². The molecule has 1 aliphatic carbocycles. The standard InChI is InChI=1S/C11H18O/c1-9-7-11(8-10(9)2)5-4-6-12-3/h7H,4-6,8H2,1-3H3. The summed E-state index contributed by atoms with van der Waals surface area (Å²) in [5.41, 5.74) is 4.56. The van der Waals surface area contributed by atoms with Crippen LogP contribution in [-0.4, -0.2) is 13.7 Å². The molecule has 0 heterocycles. The Balaban J connectivity index is 2.26. The van der Waals surface area contributed by atoms with Gasteiger partial charge in [-0.1, -0.05) is 22.8 Å². The summed E-state index contributed by atoms with van der Waals surface area (Å²) in [4.78, 5) is 0. The second-order valence-electron chi connectivity index (χ2n) is 3.54. The van der Waals surface area contributed by atoms with E-state index in [4.69, 9.17) is 4.74 Å². The summed E-state index contributed by atoms with van der Waals surface area (Å²) in [7, 11) is 1.76. The normalized spacial score (nSPS) is 17.1. The maximum absolute atomic E-state index is 5.01. The van der Waals surface area contributed by atoms with E-state index in [-0.39, 0.29) is 0 Å². The molecule has 0 amide bonds. The van der Waals surface area contributed by atoms with Gasteiger partial charge in [0, 0.05) is 13.7 Å². The third-order valence-electron chi connectivity index (χ3n) is 2.43. The van der Waals surface area contributed by atoms with Gasteiger partial charge in [0.05, 0.1) is 0 Å². The number of hydrogen-bond donors (Lipinski definition) is 0. The van der Waals surface area contributed by atoms with Gasteiger partial charge >= 0.3 is 0 Å². The second-order valence-corrected chi connectivity index (χ2v) is 3.54. The van der Waals surface area contributed by atoms with Gasteiger partial charge in [-0.3, -0.25) is 0 Å². The predicted molar refractivity (Wildman–Crippen MR) is 52.2 cm³/mol. The molecular weight excluding hydrogens is 148 g/mol. The van der Waals surface area contributed by atoms with Gasteiger partial charge < -0.3 is 4.74 Å². The van der Waals surface area contributed by atoms with Crippen LogP contribution < -0.4 is 0 Å². The van der Waals surface area contributed by atoms with Crippen LogP contribution in [0.2, 0.25) is 0 Å². The Hall–Kier alpha value is -0.560. The zero-order valence-corrected chi connectivity index (χ0v) is 8.31. The first-order valence-electron chi connectivity index (χ1n) is 4.58. The van der Waals surface area contributed by atoms with E-state index >= 15 is 0 Å². The molecule has 0 atom stereocenters. The predicted octanol–water partition coefficient (Wildman–Crippen LogP) is 3.08. The van der Waals surface area contributed by atoms with Crippen LogP contribution in [0.5, 0.6) is 0 Å². The fourth-order valence-electron chi connectivity index (χ4n) is 1.56. The van der Waals surface area contributed by atoms with Crippen molar-refractivity contribution in [2.24, 2.45) is 0 Å². The van der Waals surface area contributed by atoms with Crippen LogP contribution in [0.15, 0.2) is 22.8 Å². The highest BCUT2D eigenvalue weighted by Gasteiger charge is 2.08. The minimum absolute atomic E-state index is 0.884. The lowest BCUT2D eigenvalue weighted by Gasteiger charge is -2.01. The van der Waals surface area contributed by atoms with Crippen LogP contribution in [0.3, 0.4) is 0 Å². The van der Waals surface area contributed by atoms with Gasteiger partial charge in [-0.05, 0) is 33.1 Å². The van der Waals surface area contributed by atoms with Gasteiger partial charge in [0.25, 0.3) is 0 Å². The SMILES string of the molecule is COCCCC1=CC(C)=C(C)C1. The van der Waals surface area contributed by atoms with E-state index in [0.29, 0.717) is 0 Å². The van der Waals surface area contributed by atoms with Crippen molar-refractivity contribution in [3.63, 3.8) is 0 Å². The average molecular weight is 166 g/mol.